The van der Waals surface area contributed by atoms with Crippen molar-refractivity contribution in [3.8, 4) is 0 Å². The number of hydrogen-bond donors (Lipinski definition) is 1. The molecule has 0 radical (unpaired) electrons. The van der Waals surface area contributed by atoms with Gasteiger partial charge in [-0.3, -0.25) is 9.78 Å². The van der Waals surface area contributed by atoms with Gasteiger partial charge >= 0.3 is 0 Å². The van der Waals surface area contributed by atoms with Crippen molar-refractivity contribution >= 4 is 11.6 Å². The lowest BCUT2D eigenvalue weighted by Crippen LogP contribution is -2.29. The molecular weight excluding hydrogens is 230 g/mol. The maximum absolute atomic E-state index is 12.2. The van der Waals surface area contributed by atoms with E-state index in [1.165, 1.54) is 0 Å². The van der Waals surface area contributed by atoms with Gasteiger partial charge in [0.15, 0.2) is 0 Å². The second kappa shape index (κ2) is 6.96. The Kier molecular flexibility index (Phi) is 5.58. The number of hydrogen-bond acceptors (Lipinski definition) is 4. The van der Waals surface area contributed by atoms with Gasteiger partial charge in [-0.15, -0.1) is 0 Å². The van der Waals surface area contributed by atoms with E-state index >= 15 is 0 Å². The minimum atomic E-state index is -0.0250. The molecule has 0 atom stereocenters. The fourth-order valence-corrected chi connectivity index (χ4v) is 1.69. The molecular formula is C13H21N3O2. The maximum atomic E-state index is 12.2. The average molecular weight is 251 g/mol. The third kappa shape index (κ3) is 3.70. The molecule has 1 rings (SSSR count). The third-order valence-electron chi connectivity index (χ3n) is 2.73. The van der Waals surface area contributed by atoms with Crippen LogP contribution >= 0.6 is 0 Å². The Labute approximate surface area is 108 Å². The number of carbonyl (C=O) groups excluding carboxylic acids is 1. The fraction of sp³-hybridized carbons (Fsp3) is 0.538. The summed E-state index contributed by atoms with van der Waals surface area (Å²) in [6, 6.07) is 1.87. The number of pyridine rings is 1. The zero-order valence-corrected chi connectivity index (χ0v) is 11.5. The van der Waals surface area contributed by atoms with Crippen molar-refractivity contribution in [1.82, 2.24) is 9.88 Å². The summed E-state index contributed by atoms with van der Waals surface area (Å²) < 4.78 is 4.98. The van der Waals surface area contributed by atoms with E-state index in [4.69, 9.17) is 4.74 Å². The first-order valence-electron chi connectivity index (χ1n) is 5.99. The smallest absolute Gasteiger partial charge is 0.257 e. The molecule has 0 aliphatic rings. The van der Waals surface area contributed by atoms with Crippen LogP contribution in [-0.4, -0.2) is 50.1 Å². The average Bonchev–Trinajstić information content (AvgIpc) is 2.37. The molecule has 1 amide bonds. The van der Waals surface area contributed by atoms with Gasteiger partial charge in [0.05, 0.1) is 11.3 Å². The van der Waals surface area contributed by atoms with Crippen LogP contribution in [0.1, 0.15) is 22.5 Å². The number of aromatic nitrogens is 1. The van der Waals surface area contributed by atoms with E-state index in [1.54, 1.807) is 32.3 Å². The Morgan fingerprint density at radius 3 is 2.89 bits per heavy atom. The molecule has 5 nitrogen and oxygen atoms in total. The van der Waals surface area contributed by atoms with Crippen LogP contribution in [0.5, 0.6) is 0 Å². The van der Waals surface area contributed by atoms with Crippen molar-refractivity contribution < 1.29 is 9.53 Å². The molecule has 0 saturated heterocycles. The van der Waals surface area contributed by atoms with Crippen molar-refractivity contribution in [3.63, 3.8) is 0 Å². The fourth-order valence-electron chi connectivity index (χ4n) is 1.69. The predicted molar refractivity (Wildman–Crippen MR) is 72.0 cm³/mol. The summed E-state index contributed by atoms with van der Waals surface area (Å²) >= 11 is 0. The van der Waals surface area contributed by atoms with Crippen LogP contribution in [0.4, 0.5) is 5.69 Å². The predicted octanol–water partition coefficient (Wildman–Crippen LogP) is 1.54. The van der Waals surface area contributed by atoms with Crippen molar-refractivity contribution in [2.75, 3.05) is 39.7 Å². The van der Waals surface area contributed by atoms with E-state index in [9.17, 15) is 4.79 Å². The van der Waals surface area contributed by atoms with Crippen LogP contribution in [-0.2, 0) is 4.74 Å². The first kappa shape index (κ1) is 14.4. The molecule has 1 aromatic rings. The Hall–Kier alpha value is -1.62. The molecule has 1 aromatic heterocycles. The number of anilines is 1. The molecule has 0 fully saturated rings. The number of nitrogens with zero attached hydrogens (tertiary/aromatic N) is 2. The number of nitrogens with one attached hydrogen (secondary N) is 1. The van der Waals surface area contributed by atoms with Gasteiger partial charge in [0.2, 0.25) is 0 Å². The van der Waals surface area contributed by atoms with Gasteiger partial charge in [-0.1, -0.05) is 0 Å². The largest absolute Gasteiger partial charge is 0.387 e. The lowest BCUT2D eigenvalue weighted by Gasteiger charge is -2.18. The molecule has 0 aliphatic carbocycles. The van der Waals surface area contributed by atoms with Gasteiger partial charge in [-0.05, 0) is 19.4 Å². The summed E-state index contributed by atoms with van der Waals surface area (Å²) in [4.78, 5) is 18.1. The maximum Gasteiger partial charge on any atom is 0.257 e. The standard InChI is InChI=1S/C13H21N3O2/c1-10-8-12(14-2)11(9-15-10)13(17)16(3)6-5-7-18-4/h8-9H,5-7H2,1-4H3,(H,14,15). The van der Waals surface area contributed by atoms with Gasteiger partial charge in [0.1, 0.15) is 0 Å². The van der Waals surface area contributed by atoms with E-state index in [1.807, 2.05) is 13.0 Å². The first-order valence-corrected chi connectivity index (χ1v) is 5.99. The Morgan fingerprint density at radius 1 is 1.56 bits per heavy atom. The van der Waals surface area contributed by atoms with E-state index in [2.05, 4.69) is 10.3 Å². The second-order valence-corrected chi connectivity index (χ2v) is 4.19. The van der Waals surface area contributed by atoms with Crippen molar-refractivity contribution in [2.45, 2.75) is 13.3 Å². The van der Waals surface area contributed by atoms with Gasteiger partial charge in [0.25, 0.3) is 5.91 Å². The summed E-state index contributed by atoms with van der Waals surface area (Å²) in [6.45, 7) is 3.23. The normalized spacial score (nSPS) is 10.2. The number of ether oxygens (including phenoxy) is 1. The molecule has 1 N–H and O–H groups in total. The highest BCUT2D eigenvalue weighted by Crippen LogP contribution is 2.16. The quantitative estimate of drug-likeness (QED) is 0.779. The summed E-state index contributed by atoms with van der Waals surface area (Å²) in [7, 11) is 5.25. The zero-order chi connectivity index (χ0) is 13.5. The molecule has 5 heteroatoms. The third-order valence-corrected chi connectivity index (χ3v) is 2.73. The number of aryl methyl sites for hydroxylation is 1. The van der Waals surface area contributed by atoms with Crippen molar-refractivity contribution in [2.24, 2.45) is 0 Å². The monoisotopic (exact) mass is 251 g/mol. The van der Waals surface area contributed by atoms with Gasteiger partial charge in [-0.25, -0.2) is 0 Å². The number of carbonyl (C=O) groups is 1. The highest BCUT2D eigenvalue weighted by molar-refractivity contribution is 5.99. The molecule has 0 aromatic carbocycles. The van der Waals surface area contributed by atoms with E-state index < -0.39 is 0 Å². The van der Waals surface area contributed by atoms with Gasteiger partial charge in [0, 0.05) is 46.2 Å². The molecule has 0 aliphatic heterocycles. The lowest BCUT2D eigenvalue weighted by molar-refractivity contribution is 0.0780. The van der Waals surface area contributed by atoms with E-state index in [0.29, 0.717) is 18.7 Å². The highest BCUT2D eigenvalue weighted by atomic mass is 16.5. The molecule has 18 heavy (non-hydrogen) atoms. The van der Waals surface area contributed by atoms with Gasteiger partial charge in [-0.2, -0.15) is 0 Å². The molecule has 0 bridgehead atoms. The Bertz CT molecular complexity index is 407. The van der Waals surface area contributed by atoms with Crippen LogP contribution in [0.3, 0.4) is 0 Å². The molecule has 1 heterocycles. The van der Waals surface area contributed by atoms with Crippen LogP contribution in [0, 0.1) is 6.92 Å². The highest BCUT2D eigenvalue weighted by Gasteiger charge is 2.15. The number of rotatable bonds is 6. The minimum Gasteiger partial charge on any atom is -0.387 e. The van der Waals surface area contributed by atoms with Crippen LogP contribution in [0.15, 0.2) is 12.3 Å². The van der Waals surface area contributed by atoms with Crippen molar-refractivity contribution in [3.05, 3.63) is 23.5 Å². The summed E-state index contributed by atoms with van der Waals surface area (Å²) in [5.41, 5.74) is 2.30. The SMILES string of the molecule is CNc1cc(C)ncc1C(=O)N(C)CCCOC. The number of methoxy groups -OCH3 is 1. The van der Waals surface area contributed by atoms with Crippen LogP contribution < -0.4 is 5.32 Å². The lowest BCUT2D eigenvalue weighted by atomic mass is 10.2. The Balaban J connectivity index is 2.76. The molecule has 0 unspecified atom stereocenters. The van der Waals surface area contributed by atoms with Crippen LogP contribution in [0.25, 0.3) is 0 Å². The van der Waals surface area contributed by atoms with Gasteiger partial charge < -0.3 is 15.0 Å². The minimum absolute atomic E-state index is 0.0250. The summed E-state index contributed by atoms with van der Waals surface area (Å²) in [5.74, 6) is -0.0250. The second-order valence-electron chi connectivity index (χ2n) is 4.19. The topological polar surface area (TPSA) is 54.5 Å². The van der Waals surface area contributed by atoms with E-state index in [-0.39, 0.29) is 5.91 Å². The first-order chi connectivity index (χ1) is 8.60. The molecule has 100 valence electrons. The zero-order valence-electron chi connectivity index (χ0n) is 11.5. The summed E-state index contributed by atoms with van der Waals surface area (Å²) in [6.07, 6.45) is 2.45. The summed E-state index contributed by atoms with van der Waals surface area (Å²) in [5, 5.41) is 3.03. The molecule has 0 spiro atoms. The Morgan fingerprint density at radius 2 is 2.28 bits per heavy atom. The van der Waals surface area contributed by atoms with Crippen molar-refractivity contribution in [1.29, 1.82) is 0 Å². The van der Waals surface area contributed by atoms with Crippen LogP contribution in [0.2, 0.25) is 0 Å². The molecule has 0 saturated carbocycles. The van der Waals surface area contributed by atoms with E-state index in [0.717, 1.165) is 17.8 Å². The number of amides is 1.